The number of fused-ring (bicyclic) bond motifs is 1. The fraction of sp³-hybridized carbons (Fsp3) is 0.867. The third-order valence-corrected chi connectivity index (χ3v) is 5.19. The van der Waals surface area contributed by atoms with Crippen molar-refractivity contribution in [2.45, 2.75) is 59.5 Å². The molecule has 1 fully saturated rings. The number of rotatable bonds is 1. The van der Waals surface area contributed by atoms with Gasteiger partial charge in [0.15, 0.2) is 0 Å². The molecule has 0 bridgehead atoms. The molecule has 1 N–H and O–H groups in total. The summed E-state index contributed by atoms with van der Waals surface area (Å²) in [4.78, 5) is 0. The van der Waals surface area contributed by atoms with Gasteiger partial charge in [-0.2, -0.15) is 0 Å². The van der Waals surface area contributed by atoms with Gasteiger partial charge in [0, 0.05) is 5.41 Å². The number of aliphatic hydroxyl groups excluding tert-OH is 1. The monoisotopic (exact) mass is 222 g/mol. The van der Waals surface area contributed by atoms with E-state index in [9.17, 15) is 5.11 Å². The maximum absolute atomic E-state index is 10.3. The summed E-state index contributed by atoms with van der Waals surface area (Å²) >= 11 is 0. The van der Waals surface area contributed by atoms with Gasteiger partial charge in [-0.05, 0) is 49.9 Å². The summed E-state index contributed by atoms with van der Waals surface area (Å²) in [5, 5.41) is 10.3. The first-order chi connectivity index (χ1) is 7.38. The minimum Gasteiger partial charge on any atom is -0.393 e. The summed E-state index contributed by atoms with van der Waals surface area (Å²) in [6.07, 6.45) is 9.41. The molecule has 0 aliphatic heterocycles. The van der Waals surface area contributed by atoms with Crippen LogP contribution in [0.25, 0.3) is 0 Å². The first kappa shape index (κ1) is 12.2. The van der Waals surface area contributed by atoms with Gasteiger partial charge in [0.25, 0.3) is 0 Å². The summed E-state index contributed by atoms with van der Waals surface area (Å²) in [6, 6.07) is 0. The smallest absolute Gasteiger partial charge is 0.0576 e. The molecule has 0 aromatic carbocycles. The lowest BCUT2D eigenvalue weighted by molar-refractivity contribution is -0.100. The zero-order valence-electron chi connectivity index (χ0n) is 11.2. The minimum atomic E-state index is -0.183. The van der Waals surface area contributed by atoms with Crippen LogP contribution in [0.5, 0.6) is 0 Å². The highest BCUT2D eigenvalue weighted by molar-refractivity contribution is 5.11. The molecule has 1 saturated carbocycles. The first-order valence-electron chi connectivity index (χ1n) is 6.73. The Bertz CT molecular complexity index is 290. The Morgan fingerprint density at radius 1 is 1.38 bits per heavy atom. The van der Waals surface area contributed by atoms with Crippen LogP contribution < -0.4 is 0 Å². The summed E-state index contributed by atoms with van der Waals surface area (Å²) in [5.74, 6) is 1.21. The Labute approximate surface area is 99.9 Å². The van der Waals surface area contributed by atoms with E-state index in [0.717, 1.165) is 0 Å². The lowest BCUT2D eigenvalue weighted by atomic mass is 9.50. The molecule has 0 aromatic heterocycles. The molecular formula is C15H26O. The molecule has 16 heavy (non-hydrogen) atoms. The average Bonchev–Trinajstić information content (AvgIpc) is 2.18. The van der Waals surface area contributed by atoms with E-state index in [1.165, 1.54) is 25.7 Å². The van der Waals surface area contributed by atoms with Crippen LogP contribution >= 0.6 is 0 Å². The Morgan fingerprint density at radius 3 is 2.69 bits per heavy atom. The highest BCUT2D eigenvalue weighted by atomic mass is 16.3. The van der Waals surface area contributed by atoms with Crippen molar-refractivity contribution in [1.82, 2.24) is 0 Å². The lowest BCUT2D eigenvalue weighted by Crippen LogP contribution is -2.52. The quantitative estimate of drug-likeness (QED) is 0.669. The summed E-state index contributed by atoms with van der Waals surface area (Å²) < 4.78 is 0. The van der Waals surface area contributed by atoms with Crippen LogP contribution in [-0.2, 0) is 0 Å². The predicted molar refractivity (Wildman–Crippen MR) is 68.2 cm³/mol. The van der Waals surface area contributed by atoms with Gasteiger partial charge >= 0.3 is 0 Å². The lowest BCUT2D eigenvalue weighted by Gasteiger charge is -2.56. The van der Waals surface area contributed by atoms with Crippen molar-refractivity contribution in [3.8, 4) is 0 Å². The van der Waals surface area contributed by atoms with E-state index in [1.54, 1.807) is 0 Å². The van der Waals surface area contributed by atoms with Crippen molar-refractivity contribution in [2.24, 2.45) is 22.7 Å². The fourth-order valence-corrected chi connectivity index (χ4v) is 4.26. The molecule has 2 aliphatic rings. The Morgan fingerprint density at radius 2 is 2.06 bits per heavy atom. The normalized spacial score (nSPS) is 43.8. The van der Waals surface area contributed by atoms with Crippen molar-refractivity contribution in [1.29, 1.82) is 0 Å². The summed E-state index contributed by atoms with van der Waals surface area (Å²) in [7, 11) is 0. The van der Waals surface area contributed by atoms with Gasteiger partial charge in [0.05, 0.1) is 6.10 Å². The molecule has 0 radical (unpaired) electrons. The fourth-order valence-electron chi connectivity index (χ4n) is 4.26. The van der Waals surface area contributed by atoms with Gasteiger partial charge in [-0.25, -0.2) is 0 Å². The zero-order valence-corrected chi connectivity index (χ0v) is 11.2. The summed E-state index contributed by atoms with van der Waals surface area (Å²) in [6.45, 7) is 9.01. The number of aliphatic hydroxyl groups is 1. The molecule has 92 valence electrons. The van der Waals surface area contributed by atoms with Crippen molar-refractivity contribution >= 4 is 0 Å². The van der Waals surface area contributed by atoms with Crippen molar-refractivity contribution < 1.29 is 5.11 Å². The van der Waals surface area contributed by atoms with Gasteiger partial charge < -0.3 is 5.11 Å². The SMILES string of the molecule is CC(O)C12CC(C)(C)CCC1CC=CC2C. The maximum atomic E-state index is 10.3. The van der Waals surface area contributed by atoms with Gasteiger partial charge in [0.2, 0.25) is 0 Å². The van der Waals surface area contributed by atoms with Gasteiger partial charge in [-0.3, -0.25) is 0 Å². The van der Waals surface area contributed by atoms with E-state index in [-0.39, 0.29) is 11.5 Å². The molecule has 2 rings (SSSR count). The van der Waals surface area contributed by atoms with Crippen molar-refractivity contribution in [2.75, 3.05) is 0 Å². The molecule has 0 amide bonds. The molecule has 0 spiro atoms. The topological polar surface area (TPSA) is 20.2 Å². The molecule has 4 unspecified atom stereocenters. The highest BCUT2D eigenvalue weighted by Gasteiger charge is 2.52. The van der Waals surface area contributed by atoms with E-state index < -0.39 is 0 Å². The molecule has 1 nitrogen and oxygen atoms in total. The average molecular weight is 222 g/mol. The molecule has 0 saturated heterocycles. The Hall–Kier alpha value is -0.300. The number of hydrogen-bond donors (Lipinski definition) is 1. The van der Waals surface area contributed by atoms with E-state index in [2.05, 4.69) is 32.9 Å². The van der Waals surface area contributed by atoms with Crippen LogP contribution in [-0.4, -0.2) is 11.2 Å². The third-order valence-electron chi connectivity index (χ3n) is 5.19. The zero-order chi connectivity index (χ0) is 12.0. The van der Waals surface area contributed by atoms with Crippen LogP contribution in [0.3, 0.4) is 0 Å². The largest absolute Gasteiger partial charge is 0.393 e. The van der Waals surface area contributed by atoms with Gasteiger partial charge in [0.1, 0.15) is 0 Å². The minimum absolute atomic E-state index is 0.135. The van der Waals surface area contributed by atoms with E-state index >= 15 is 0 Å². The molecule has 1 heteroatoms. The summed E-state index contributed by atoms with van der Waals surface area (Å²) in [5.41, 5.74) is 0.531. The van der Waals surface area contributed by atoms with Crippen LogP contribution in [0.1, 0.15) is 53.4 Å². The molecule has 2 aliphatic carbocycles. The third kappa shape index (κ3) is 1.73. The standard InChI is InChI=1S/C15H26O/c1-11-6-5-7-13-8-9-14(3,4)10-15(11,13)12(2)16/h5-6,11-13,16H,7-10H2,1-4H3. The van der Waals surface area contributed by atoms with Gasteiger partial charge in [-0.1, -0.05) is 32.9 Å². The predicted octanol–water partition coefficient (Wildman–Crippen LogP) is 3.78. The molecule has 0 heterocycles. The van der Waals surface area contributed by atoms with Crippen LogP contribution in [0.2, 0.25) is 0 Å². The van der Waals surface area contributed by atoms with Crippen LogP contribution in [0.4, 0.5) is 0 Å². The Kier molecular flexibility index (Phi) is 2.94. The van der Waals surface area contributed by atoms with E-state index in [1.807, 2.05) is 6.92 Å². The maximum Gasteiger partial charge on any atom is 0.0576 e. The molecule has 0 aromatic rings. The van der Waals surface area contributed by atoms with E-state index in [4.69, 9.17) is 0 Å². The van der Waals surface area contributed by atoms with E-state index in [0.29, 0.717) is 17.3 Å². The first-order valence-corrected chi connectivity index (χ1v) is 6.73. The Balaban J connectivity index is 2.37. The van der Waals surface area contributed by atoms with Crippen LogP contribution in [0.15, 0.2) is 12.2 Å². The highest BCUT2D eigenvalue weighted by Crippen LogP contribution is 2.58. The molecule has 4 atom stereocenters. The van der Waals surface area contributed by atoms with Crippen molar-refractivity contribution in [3.05, 3.63) is 12.2 Å². The number of hydrogen-bond acceptors (Lipinski definition) is 1. The second-order valence-electron chi connectivity index (χ2n) is 6.82. The second kappa shape index (κ2) is 3.87. The number of allylic oxidation sites excluding steroid dienone is 2. The second-order valence-corrected chi connectivity index (χ2v) is 6.82. The molecular weight excluding hydrogens is 196 g/mol. The van der Waals surface area contributed by atoms with Crippen LogP contribution in [0, 0.1) is 22.7 Å². The van der Waals surface area contributed by atoms with Gasteiger partial charge in [-0.15, -0.1) is 0 Å². The van der Waals surface area contributed by atoms with Crippen molar-refractivity contribution in [3.63, 3.8) is 0 Å².